The summed E-state index contributed by atoms with van der Waals surface area (Å²) < 4.78 is 21.2. The van der Waals surface area contributed by atoms with Crippen molar-refractivity contribution >= 4 is 6.29 Å². The third-order valence-corrected chi connectivity index (χ3v) is 3.49. The van der Waals surface area contributed by atoms with Gasteiger partial charge in [-0.15, -0.1) is 0 Å². The molecule has 1 aliphatic heterocycles. The molecule has 1 aliphatic carbocycles. The van der Waals surface area contributed by atoms with Gasteiger partial charge in [-0.05, 0) is 12.8 Å². The summed E-state index contributed by atoms with van der Waals surface area (Å²) in [6.45, 7) is 0.261. The molecule has 2 aliphatic rings. The lowest BCUT2D eigenvalue weighted by atomic mass is 9.92. The molecule has 92 valence electrons. The maximum atomic E-state index is 11.0. The van der Waals surface area contributed by atoms with Gasteiger partial charge >= 0.3 is 0 Å². The van der Waals surface area contributed by atoms with Gasteiger partial charge < -0.3 is 23.7 Å². The lowest BCUT2D eigenvalue weighted by Crippen LogP contribution is -2.30. The molecular weight excluding hydrogens is 212 g/mol. The van der Waals surface area contributed by atoms with Crippen LogP contribution in [0.5, 0.6) is 0 Å². The summed E-state index contributed by atoms with van der Waals surface area (Å²) in [5.41, 5.74) is 0. The Morgan fingerprint density at radius 3 is 2.81 bits per heavy atom. The summed E-state index contributed by atoms with van der Waals surface area (Å²) in [6.07, 6.45) is 2.13. The molecule has 0 bridgehead atoms. The second-order valence-electron chi connectivity index (χ2n) is 4.27. The van der Waals surface area contributed by atoms with Crippen LogP contribution in [0.25, 0.3) is 0 Å². The van der Waals surface area contributed by atoms with Gasteiger partial charge in [0.2, 0.25) is 0 Å². The van der Waals surface area contributed by atoms with E-state index in [0.29, 0.717) is 0 Å². The summed E-state index contributed by atoms with van der Waals surface area (Å²) in [7, 11) is 3.20. The Labute approximate surface area is 95.0 Å². The predicted molar refractivity (Wildman–Crippen MR) is 54.7 cm³/mol. The van der Waals surface area contributed by atoms with Crippen LogP contribution >= 0.6 is 0 Å². The minimum absolute atomic E-state index is 0.0419. The molecule has 1 saturated carbocycles. The van der Waals surface area contributed by atoms with Crippen molar-refractivity contribution in [3.05, 3.63) is 0 Å². The number of fused-ring (bicyclic) bond motifs is 1. The van der Waals surface area contributed by atoms with E-state index in [2.05, 4.69) is 0 Å². The van der Waals surface area contributed by atoms with Crippen molar-refractivity contribution in [3.63, 3.8) is 0 Å². The Morgan fingerprint density at radius 2 is 2.19 bits per heavy atom. The van der Waals surface area contributed by atoms with Gasteiger partial charge in [-0.25, -0.2) is 0 Å². The molecule has 16 heavy (non-hydrogen) atoms. The first-order chi connectivity index (χ1) is 7.81. The number of aldehydes is 1. The molecule has 2 fully saturated rings. The number of rotatable bonds is 5. The molecule has 0 N–H and O–H groups in total. The fraction of sp³-hybridized carbons (Fsp3) is 0.909. The van der Waals surface area contributed by atoms with Crippen LogP contribution in [0, 0.1) is 11.8 Å². The summed E-state index contributed by atoms with van der Waals surface area (Å²) in [4.78, 5) is 11.0. The minimum atomic E-state index is -0.403. The van der Waals surface area contributed by atoms with E-state index in [-0.39, 0.29) is 31.0 Å². The van der Waals surface area contributed by atoms with Crippen molar-refractivity contribution in [2.45, 2.75) is 31.3 Å². The zero-order valence-electron chi connectivity index (χ0n) is 9.63. The van der Waals surface area contributed by atoms with Crippen molar-refractivity contribution < 1.29 is 23.7 Å². The van der Waals surface area contributed by atoms with E-state index < -0.39 is 6.10 Å². The lowest BCUT2D eigenvalue weighted by Gasteiger charge is -2.20. The van der Waals surface area contributed by atoms with E-state index in [0.717, 1.165) is 19.1 Å². The molecule has 5 heteroatoms. The summed E-state index contributed by atoms with van der Waals surface area (Å²) in [6, 6.07) is 0. The van der Waals surface area contributed by atoms with E-state index in [9.17, 15) is 4.79 Å². The van der Waals surface area contributed by atoms with Crippen LogP contribution < -0.4 is 0 Å². The molecule has 1 heterocycles. The van der Waals surface area contributed by atoms with Crippen molar-refractivity contribution in [1.82, 2.24) is 0 Å². The van der Waals surface area contributed by atoms with Crippen molar-refractivity contribution in [3.8, 4) is 0 Å². The van der Waals surface area contributed by atoms with Gasteiger partial charge in [0.1, 0.15) is 19.2 Å². The highest BCUT2D eigenvalue weighted by atomic mass is 16.7. The maximum Gasteiger partial charge on any atom is 0.161 e. The molecular formula is C11H18O5. The summed E-state index contributed by atoms with van der Waals surface area (Å²) in [5.74, 6) is 0.375. The zero-order chi connectivity index (χ0) is 11.5. The molecule has 1 saturated heterocycles. The van der Waals surface area contributed by atoms with Crippen molar-refractivity contribution in [2.75, 3.05) is 21.0 Å². The number of carbonyl (C=O) groups excluding carboxylic acids is 1. The standard InChI is InChI=1S/C11H18O5/c1-13-6-15-8-4-3-7-10(8)9(5-12)16-11(7)14-2/h5,7-11H,3-4,6H2,1-2H3/t7-,8+,9-,10-,11-/m0/s1. The van der Waals surface area contributed by atoms with Gasteiger partial charge in [-0.1, -0.05) is 0 Å². The van der Waals surface area contributed by atoms with Crippen molar-refractivity contribution in [2.24, 2.45) is 11.8 Å². The van der Waals surface area contributed by atoms with Gasteiger partial charge in [0.25, 0.3) is 0 Å². The predicted octanol–water partition coefficient (Wildman–Crippen LogP) is 0.572. The monoisotopic (exact) mass is 230 g/mol. The molecule has 0 radical (unpaired) electrons. The number of hydrogen-bond donors (Lipinski definition) is 0. The van der Waals surface area contributed by atoms with E-state index >= 15 is 0 Å². The average molecular weight is 230 g/mol. The Hall–Kier alpha value is -0.490. The largest absolute Gasteiger partial charge is 0.359 e. The highest BCUT2D eigenvalue weighted by molar-refractivity contribution is 5.57. The van der Waals surface area contributed by atoms with E-state index in [1.165, 1.54) is 0 Å². The minimum Gasteiger partial charge on any atom is -0.359 e. The van der Waals surface area contributed by atoms with E-state index in [1.807, 2.05) is 0 Å². The molecule has 0 spiro atoms. The van der Waals surface area contributed by atoms with Gasteiger partial charge in [0, 0.05) is 26.1 Å². The Balaban J connectivity index is 2.03. The van der Waals surface area contributed by atoms with Gasteiger partial charge in [0.05, 0.1) is 6.10 Å². The molecule has 5 atom stereocenters. The second kappa shape index (κ2) is 5.23. The first-order valence-corrected chi connectivity index (χ1v) is 5.56. The number of ether oxygens (including phenoxy) is 4. The highest BCUT2D eigenvalue weighted by Crippen LogP contribution is 2.45. The molecule has 0 aromatic rings. The molecule has 0 aromatic heterocycles. The summed E-state index contributed by atoms with van der Waals surface area (Å²) in [5, 5.41) is 0. The van der Waals surface area contributed by atoms with Crippen LogP contribution in [0.15, 0.2) is 0 Å². The molecule has 0 amide bonds. The Kier molecular flexibility index (Phi) is 3.91. The van der Waals surface area contributed by atoms with E-state index in [1.54, 1.807) is 14.2 Å². The third kappa shape index (κ3) is 2.00. The maximum absolute atomic E-state index is 11.0. The van der Waals surface area contributed by atoms with Crippen molar-refractivity contribution in [1.29, 1.82) is 0 Å². The smallest absolute Gasteiger partial charge is 0.161 e. The number of hydrogen-bond acceptors (Lipinski definition) is 5. The first kappa shape index (κ1) is 12.0. The van der Waals surface area contributed by atoms with Crippen LogP contribution in [0.4, 0.5) is 0 Å². The van der Waals surface area contributed by atoms with Crippen LogP contribution in [0.3, 0.4) is 0 Å². The number of methoxy groups -OCH3 is 2. The van der Waals surface area contributed by atoms with Gasteiger partial charge in [-0.3, -0.25) is 0 Å². The zero-order valence-corrected chi connectivity index (χ0v) is 9.63. The van der Waals surface area contributed by atoms with Gasteiger partial charge in [0.15, 0.2) is 6.29 Å². The third-order valence-electron chi connectivity index (χ3n) is 3.49. The van der Waals surface area contributed by atoms with Gasteiger partial charge in [-0.2, -0.15) is 0 Å². The fourth-order valence-electron chi connectivity index (χ4n) is 2.84. The quantitative estimate of drug-likeness (QED) is 0.510. The summed E-state index contributed by atoms with van der Waals surface area (Å²) >= 11 is 0. The first-order valence-electron chi connectivity index (χ1n) is 5.56. The molecule has 0 aromatic carbocycles. The molecule has 5 nitrogen and oxygen atoms in total. The topological polar surface area (TPSA) is 54.0 Å². The normalized spacial score (nSPS) is 42.2. The number of carbonyl (C=O) groups is 1. The highest BCUT2D eigenvalue weighted by Gasteiger charge is 2.52. The van der Waals surface area contributed by atoms with Crippen LogP contribution in [0.2, 0.25) is 0 Å². The Morgan fingerprint density at radius 1 is 1.38 bits per heavy atom. The van der Waals surface area contributed by atoms with Crippen LogP contribution in [0.1, 0.15) is 12.8 Å². The second-order valence-corrected chi connectivity index (χ2v) is 4.27. The van der Waals surface area contributed by atoms with Crippen LogP contribution in [-0.2, 0) is 23.7 Å². The Bertz CT molecular complexity index is 245. The van der Waals surface area contributed by atoms with E-state index in [4.69, 9.17) is 18.9 Å². The van der Waals surface area contributed by atoms with Crippen LogP contribution in [-0.4, -0.2) is 45.8 Å². The SMILES string of the molecule is COCO[C@@H]1CC[C@@H]2[C@@H](OC)O[C@@H](C=O)[C@@H]21. The molecule has 2 rings (SSSR count). The lowest BCUT2D eigenvalue weighted by molar-refractivity contribution is -0.149. The fourth-order valence-corrected chi connectivity index (χ4v) is 2.84. The molecule has 0 unspecified atom stereocenters. The average Bonchev–Trinajstić information content (AvgIpc) is 2.86.